The van der Waals surface area contributed by atoms with Gasteiger partial charge in [0.05, 0.1) is 12.2 Å². The second-order valence-electron chi connectivity index (χ2n) is 4.88. The maximum absolute atomic E-state index is 12.9. The van der Waals surface area contributed by atoms with Crippen molar-refractivity contribution in [1.82, 2.24) is 14.9 Å². The molecule has 0 saturated carbocycles. The normalized spacial score (nSPS) is 12.7. The van der Waals surface area contributed by atoms with Crippen LogP contribution in [0.25, 0.3) is 11.3 Å². The Kier molecular flexibility index (Phi) is 5.99. The van der Waals surface area contributed by atoms with Crippen LogP contribution in [-0.4, -0.2) is 52.6 Å². The Balaban J connectivity index is 0.000000924. The zero-order valence-corrected chi connectivity index (χ0v) is 12.9. The Hall–Kier alpha value is -2.54. The molecule has 0 bridgehead atoms. The topological polar surface area (TPSA) is 78.3 Å². The molecule has 1 fully saturated rings. The van der Waals surface area contributed by atoms with Crippen LogP contribution in [0.2, 0.25) is 0 Å². The second kappa shape index (κ2) is 8.19. The van der Waals surface area contributed by atoms with Gasteiger partial charge in [-0.3, -0.25) is 4.79 Å². The first kappa shape index (κ1) is 16.8. The Morgan fingerprint density at radius 2 is 1.96 bits per heavy atom. The van der Waals surface area contributed by atoms with E-state index in [2.05, 4.69) is 15.3 Å². The van der Waals surface area contributed by atoms with Crippen molar-refractivity contribution in [2.45, 2.75) is 6.42 Å². The molecule has 0 unspecified atom stereocenters. The fourth-order valence-corrected chi connectivity index (χ4v) is 2.08. The van der Waals surface area contributed by atoms with Crippen LogP contribution in [0, 0.1) is 5.82 Å². The highest BCUT2D eigenvalue weighted by Gasteiger charge is 2.19. The van der Waals surface area contributed by atoms with Crippen molar-refractivity contribution in [3.8, 4) is 11.3 Å². The van der Waals surface area contributed by atoms with Crippen LogP contribution in [0.4, 0.5) is 10.2 Å². The summed E-state index contributed by atoms with van der Waals surface area (Å²) in [5.41, 5.74) is 1.49. The summed E-state index contributed by atoms with van der Waals surface area (Å²) in [6.45, 7) is 1.90. The molecule has 1 aliphatic heterocycles. The number of hydrogen-bond donors (Lipinski definition) is 2. The average Bonchev–Trinajstić information content (AvgIpc) is 2.54. The molecule has 2 N–H and O–H groups in total. The molecule has 1 aliphatic rings. The number of aliphatic hydroxyl groups excluding tert-OH is 1. The first-order chi connectivity index (χ1) is 11.2. The molecule has 0 spiro atoms. The highest BCUT2D eigenvalue weighted by Crippen LogP contribution is 2.19. The Morgan fingerprint density at radius 3 is 2.57 bits per heavy atom. The third-order valence-corrected chi connectivity index (χ3v) is 3.44. The van der Waals surface area contributed by atoms with Crippen molar-refractivity contribution in [2.24, 2.45) is 0 Å². The van der Waals surface area contributed by atoms with E-state index in [4.69, 9.17) is 5.11 Å². The molecule has 1 amide bonds. The van der Waals surface area contributed by atoms with E-state index in [-0.39, 0.29) is 18.3 Å². The summed E-state index contributed by atoms with van der Waals surface area (Å²) in [4.78, 5) is 21.8. The zero-order valence-electron chi connectivity index (χ0n) is 12.9. The smallest absolute Gasteiger partial charge is 0.241 e. The standard InChI is InChI=1S/C15H15FN4O.CH4O/c16-12-4-2-11(3-5-12)13-8-14(19-10-18-13)17-9-15(21)20-6-1-7-20;1-2/h2-5,8,10H,1,6-7,9H2,(H,17,18,19);2H,1H3. The molecule has 1 aromatic carbocycles. The van der Waals surface area contributed by atoms with Gasteiger partial charge in [-0.15, -0.1) is 0 Å². The molecule has 1 saturated heterocycles. The number of carbonyl (C=O) groups is 1. The van der Waals surface area contributed by atoms with E-state index in [1.54, 1.807) is 23.1 Å². The zero-order chi connectivity index (χ0) is 16.7. The molecule has 0 radical (unpaired) electrons. The van der Waals surface area contributed by atoms with Crippen molar-refractivity contribution in [2.75, 3.05) is 32.1 Å². The number of rotatable bonds is 4. The van der Waals surface area contributed by atoms with Gasteiger partial charge in [0.1, 0.15) is 18.0 Å². The van der Waals surface area contributed by atoms with E-state index >= 15 is 0 Å². The maximum atomic E-state index is 12.9. The minimum Gasteiger partial charge on any atom is -0.400 e. The fourth-order valence-electron chi connectivity index (χ4n) is 2.08. The Bertz CT molecular complexity index is 645. The summed E-state index contributed by atoms with van der Waals surface area (Å²) in [6.07, 6.45) is 2.50. The minimum atomic E-state index is -0.286. The van der Waals surface area contributed by atoms with Crippen LogP contribution in [0.3, 0.4) is 0 Å². The summed E-state index contributed by atoms with van der Waals surface area (Å²) in [6, 6.07) is 7.84. The van der Waals surface area contributed by atoms with E-state index in [9.17, 15) is 9.18 Å². The first-order valence-electron chi connectivity index (χ1n) is 7.27. The molecule has 0 atom stereocenters. The average molecular weight is 318 g/mol. The lowest BCUT2D eigenvalue weighted by Crippen LogP contribution is -2.44. The number of hydrogen-bond acceptors (Lipinski definition) is 5. The SMILES string of the molecule is CO.O=C(CNc1cc(-c2ccc(F)cc2)ncn1)N1CCC1. The van der Waals surface area contributed by atoms with Gasteiger partial charge < -0.3 is 15.3 Å². The third kappa shape index (κ3) is 4.46. The van der Waals surface area contributed by atoms with Gasteiger partial charge in [0, 0.05) is 31.8 Å². The molecule has 3 rings (SSSR count). The van der Waals surface area contributed by atoms with Gasteiger partial charge in [-0.05, 0) is 30.7 Å². The number of carbonyl (C=O) groups excluding carboxylic acids is 1. The van der Waals surface area contributed by atoms with Crippen LogP contribution >= 0.6 is 0 Å². The van der Waals surface area contributed by atoms with Gasteiger partial charge in [-0.1, -0.05) is 0 Å². The lowest BCUT2D eigenvalue weighted by atomic mass is 10.1. The quantitative estimate of drug-likeness (QED) is 0.894. The summed E-state index contributed by atoms with van der Waals surface area (Å²) in [5.74, 6) is 0.368. The first-order valence-corrected chi connectivity index (χ1v) is 7.27. The molecule has 122 valence electrons. The second-order valence-corrected chi connectivity index (χ2v) is 4.88. The summed E-state index contributed by atoms with van der Waals surface area (Å²) < 4.78 is 12.9. The van der Waals surface area contributed by atoms with Crippen LogP contribution in [0.15, 0.2) is 36.7 Å². The molecule has 6 nitrogen and oxygen atoms in total. The number of halogens is 1. The van der Waals surface area contributed by atoms with E-state index < -0.39 is 0 Å². The number of nitrogens with one attached hydrogen (secondary N) is 1. The van der Waals surface area contributed by atoms with E-state index in [0.29, 0.717) is 11.5 Å². The summed E-state index contributed by atoms with van der Waals surface area (Å²) in [5, 5.41) is 10.00. The number of likely N-dealkylation sites (tertiary alicyclic amines) is 1. The van der Waals surface area contributed by atoms with E-state index in [0.717, 1.165) is 32.2 Å². The van der Waals surface area contributed by atoms with Gasteiger partial charge in [0.25, 0.3) is 0 Å². The molecule has 7 heteroatoms. The fraction of sp³-hybridized carbons (Fsp3) is 0.312. The molecule has 1 aromatic heterocycles. The van der Waals surface area contributed by atoms with Gasteiger partial charge in [-0.2, -0.15) is 0 Å². The Morgan fingerprint density at radius 1 is 1.26 bits per heavy atom. The van der Waals surface area contributed by atoms with Gasteiger partial charge in [-0.25, -0.2) is 14.4 Å². The van der Waals surface area contributed by atoms with Crippen LogP contribution < -0.4 is 5.32 Å². The largest absolute Gasteiger partial charge is 0.400 e. The number of aromatic nitrogens is 2. The van der Waals surface area contributed by atoms with Crippen LogP contribution in [0.5, 0.6) is 0 Å². The monoisotopic (exact) mass is 318 g/mol. The maximum Gasteiger partial charge on any atom is 0.241 e. The minimum absolute atomic E-state index is 0.0724. The molecule has 0 aliphatic carbocycles. The predicted octanol–water partition coefficient (Wildman–Crippen LogP) is 1.54. The highest BCUT2D eigenvalue weighted by molar-refractivity contribution is 5.81. The molecular weight excluding hydrogens is 299 g/mol. The number of amides is 1. The van der Waals surface area contributed by atoms with Crippen molar-refractivity contribution in [3.63, 3.8) is 0 Å². The van der Waals surface area contributed by atoms with E-state index in [1.807, 2.05) is 0 Å². The van der Waals surface area contributed by atoms with Gasteiger partial charge in [0.15, 0.2) is 0 Å². The predicted molar refractivity (Wildman–Crippen MR) is 85.3 cm³/mol. The third-order valence-electron chi connectivity index (χ3n) is 3.44. The summed E-state index contributed by atoms with van der Waals surface area (Å²) >= 11 is 0. The molecule has 2 aromatic rings. The number of benzene rings is 1. The molecule has 2 heterocycles. The number of anilines is 1. The van der Waals surface area contributed by atoms with Crippen LogP contribution in [-0.2, 0) is 4.79 Å². The number of nitrogens with zero attached hydrogens (tertiary/aromatic N) is 3. The lowest BCUT2D eigenvalue weighted by molar-refractivity contribution is -0.132. The van der Waals surface area contributed by atoms with Crippen molar-refractivity contribution >= 4 is 11.7 Å². The molecule has 23 heavy (non-hydrogen) atoms. The van der Waals surface area contributed by atoms with Crippen molar-refractivity contribution in [3.05, 3.63) is 42.5 Å². The molecular formula is C16H19FN4O2. The number of aliphatic hydroxyl groups is 1. The van der Waals surface area contributed by atoms with Crippen molar-refractivity contribution < 1.29 is 14.3 Å². The van der Waals surface area contributed by atoms with Crippen LogP contribution in [0.1, 0.15) is 6.42 Å². The van der Waals surface area contributed by atoms with Gasteiger partial charge >= 0.3 is 0 Å². The van der Waals surface area contributed by atoms with E-state index in [1.165, 1.54) is 18.5 Å². The summed E-state index contributed by atoms with van der Waals surface area (Å²) in [7, 11) is 1.00. The van der Waals surface area contributed by atoms with Crippen molar-refractivity contribution in [1.29, 1.82) is 0 Å². The van der Waals surface area contributed by atoms with Gasteiger partial charge in [0.2, 0.25) is 5.91 Å². The lowest BCUT2D eigenvalue weighted by Gasteiger charge is -2.30. The Labute approximate surface area is 134 Å². The highest BCUT2D eigenvalue weighted by atomic mass is 19.1.